The minimum absolute atomic E-state index is 0.450. The molecule has 0 radical (unpaired) electrons. The lowest BCUT2D eigenvalue weighted by molar-refractivity contribution is 1.13. The van der Waals surface area contributed by atoms with E-state index in [1.807, 2.05) is 0 Å². The van der Waals surface area contributed by atoms with Crippen LogP contribution in [0.5, 0.6) is 0 Å². The zero-order chi connectivity index (χ0) is 18.2. The van der Waals surface area contributed by atoms with E-state index in [0.717, 1.165) is 6.54 Å². The molecule has 1 atom stereocenters. The van der Waals surface area contributed by atoms with Crippen LogP contribution in [0.15, 0.2) is 90.8 Å². The summed E-state index contributed by atoms with van der Waals surface area (Å²) in [6.45, 7) is 5.21. The molecule has 1 nitrogen and oxygen atoms in total. The minimum Gasteiger partial charge on any atom is -0.291 e. The molecule has 0 aliphatic carbocycles. The fourth-order valence-corrected chi connectivity index (χ4v) is 5.88. The minimum atomic E-state index is -0.450. The third-order valence-corrected chi connectivity index (χ3v) is 7.17. The van der Waals surface area contributed by atoms with Gasteiger partial charge in [0.15, 0.2) is 0 Å². The van der Waals surface area contributed by atoms with Gasteiger partial charge in [0.05, 0.1) is 0 Å². The zero-order valence-electron chi connectivity index (χ0n) is 15.3. The van der Waals surface area contributed by atoms with Crippen LogP contribution in [0.1, 0.15) is 11.1 Å². The number of aryl methyl sites for hydroxylation is 2. The molecule has 0 fully saturated rings. The second kappa shape index (κ2) is 9.79. The third kappa shape index (κ3) is 5.61. The predicted octanol–water partition coefficient (Wildman–Crippen LogP) is 4.76. The van der Waals surface area contributed by atoms with Crippen molar-refractivity contribution in [3.63, 3.8) is 0 Å². The third-order valence-electron chi connectivity index (χ3n) is 4.00. The van der Waals surface area contributed by atoms with Gasteiger partial charge >= 0.3 is 0 Å². The first-order valence-corrected chi connectivity index (χ1v) is 11.3. The maximum atomic E-state index is 3.57. The summed E-state index contributed by atoms with van der Waals surface area (Å²) in [7, 11) is 0.190. The van der Waals surface area contributed by atoms with Gasteiger partial charge < -0.3 is 0 Å². The summed E-state index contributed by atoms with van der Waals surface area (Å²) in [6, 6.07) is 28.3. The molecule has 3 rings (SSSR count). The smallest absolute Gasteiger partial charge is 0.0175 e. The fourth-order valence-electron chi connectivity index (χ4n) is 2.92. The van der Waals surface area contributed by atoms with Gasteiger partial charge in [-0.05, 0) is 46.4 Å². The summed E-state index contributed by atoms with van der Waals surface area (Å²) in [4.78, 5) is 0. The highest BCUT2D eigenvalue weighted by Gasteiger charge is 2.09. The van der Waals surface area contributed by atoms with E-state index in [1.54, 1.807) is 0 Å². The monoisotopic (exact) mass is 377 g/mol. The largest absolute Gasteiger partial charge is 0.291 e. The van der Waals surface area contributed by atoms with Crippen molar-refractivity contribution in [2.45, 2.75) is 13.8 Å². The topological polar surface area (TPSA) is 12.0 Å². The lowest BCUT2D eigenvalue weighted by atomic mass is 10.2. The Morgan fingerprint density at radius 2 is 1.35 bits per heavy atom. The summed E-state index contributed by atoms with van der Waals surface area (Å²) >= 11 is 0. The second-order valence-electron chi connectivity index (χ2n) is 6.31. The van der Waals surface area contributed by atoms with Gasteiger partial charge in [0.2, 0.25) is 0 Å². The molecule has 0 spiro atoms. The summed E-state index contributed by atoms with van der Waals surface area (Å²) in [5.41, 5.74) is 2.67. The van der Waals surface area contributed by atoms with Crippen LogP contribution in [0.25, 0.3) is 0 Å². The van der Waals surface area contributed by atoms with E-state index in [9.17, 15) is 0 Å². The molecule has 0 aliphatic heterocycles. The first-order valence-electron chi connectivity index (χ1n) is 8.85. The molecule has 3 aromatic carbocycles. The summed E-state index contributed by atoms with van der Waals surface area (Å²) in [5.74, 6) is 2.37. The second-order valence-corrected chi connectivity index (χ2v) is 9.56. The van der Waals surface area contributed by atoms with Crippen molar-refractivity contribution < 1.29 is 0 Å². The lowest BCUT2D eigenvalue weighted by Crippen LogP contribution is -2.11. The molecule has 0 aromatic heterocycles. The van der Waals surface area contributed by atoms with Crippen molar-refractivity contribution in [1.29, 1.82) is 0 Å². The van der Waals surface area contributed by atoms with E-state index in [4.69, 9.17) is 0 Å². The molecule has 0 saturated heterocycles. The molecule has 132 valence electrons. The highest BCUT2D eigenvalue weighted by molar-refractivity contribution is 7.75. The molecular weight excluding hydrogens is 352 g/mol. The molecule has 0 saturated carbocycles. The van der Waals surface area contributed by atoms with Crippen molar-refractivity contribution in [2.75, 3.05) is 6.54 Å². The van der Waals surface area contributed by atoms with Crippen LogP contribution in [0.2, 0.25) is 0 Å². The highest BCUT2D eigenvalue weighted by Crippen LogP contribution is 2.34. The number of nitrogens with one attached hydrogen (secondary N) is 1. The van der Waals surface area contributed by atoms with Crippen molar-refractivity contribution in [1.82, 2.24) is 5.09 Å². The zero-order valence-corrected chi connectivity index (χ0v) is 17.2. The van der Waals surface area contributed by atoms with E-state index < -0.39 is 7.92 Å². The predicted molar refractivity (Wildman–Crippen MR) is 120 cm³/mol. The van der Waals surface area contributed by atoms with Crippen LogP contribution in [0.3, 0.4) is 0 Å². The molecule has 26 heavy (non-hydrogen) atoms. The van der Waals surface area contributed by atoms with Crippen LogP contribution in [-0.2, 0) is 0 Å². The quantitative estimate of drug-likeness (QED) is 0.462. The van der Waals surface area contributed by atoms with Gasteiger partial charge in [0.1, 0.15) is 0 Å². The van der Waals surface area contributed by atoms with E-state index in [0.29, 0.717) is 8.73 Å². The van der Waals surface area contributed by atoms with Crippen LogP contribution in [-0.4, -0.2) is 6.54 Å². The summed E-state index contributed by atoms with van der Waals surface area (Å²) in [5, 5.41) is 7.73. The molecular formula is C23H25NP2. The first-order chi connectivity index (χ1) is 12.7. The van der Waals surface area contributed by atoms with E-state index in [-0.39, 0.29) is 0 Å². The van der Waals surface area contributed by atoms with Crippen molar-refractivity contribution >= 4 is 32.6 Å². The summed E-state index contributed by atoms with van der Waals surface area (Å²) in [6.07, 6.45) is 2.28. The van der Waals surface area contributed by atoms with Crippen LogP contribution >= 0.6 is 16.7 Å². The molecule has 3 aromatic rings. The van der Waals surface area contributed by atoms with Gasteiger partial charge in [-0.3, -0.25) is 5.09 Å². The number of benzene rings is 3. The maximum absolute atomic E-state index is 3.57. The highest BCUT2D eigenvalue weighted by atomic mass is 31.1. The molecule has 0 bridgehead atoms. The van der Waals surface area contributed by atoms with Crippen molar-refractivity contribution in [2.24, 2.45) is 0 Å². The van der Waals surface area contributed by atoms with E-state index >= 15 is 0 Å². The van der Waals surface area contributed by atoms with Gasteiger partial charge in [-0.2, -0.15) is 0 Å². The van der Waals surface area contributed by atoms with Crippen LogP contribution in [0, 0.1) is 13.8 Å². The molecule has 0 heterocycles. The Labute approximate surface area is 160 Å². The average molecular weight is 377 g/mol. The Bertz CT molecular complexity index is 785. The van der Waals surface area contributed by atoms with Crippen LogP contribution in [0.4, 0.5) is 0 Å². The first kappa shape index (κ1) is 19.0. The van der Waals surface area contributed by atoms with Gasteiger partial charge in [-0.25, -0.2) is 0 Å². The van der Waals surface area contributed by atoms with Crippen LogP contribution < -0.4 is 21.0 Å². The van der Waals surface area contributed by atoms with Gasteiger partial charge in [-0.15, -0.1) is 0 Å². The number of rotatable bonds is 7. The van der Waals surface area contributed by atoms with Gasteiger partial charge in [-0.1, -0.05) is 102 Å². The van der Waals surface area contributed by atoms with Crippen molar-refractivity contribution in [3.8, 4) is 0 Å². The van der Waals surface area contributed by atoms with E-state index in [2.05, 4.69) is 110 Å². The van der Waals surface area contributed by atoms with Gasteiger partial charge in [0.25, 0.3) is 0 Å². The molecule has 1 unspecified atom stereocenters. The maximum Gasteiger partial charge on any atom is 0.0175 e. The molecule has 1 N–H and O–H groups in total. The normalized spacial score (nSPS) is 11.8. The molecule has 3 heteroatoms. The Hall–Kier alpha value is -1.78. The standard InChI is InChI=1S/C23H25NP2/c1-19-16-20(2)18-21(17-19)25-24-14-9-15-26(22-10-5-3-6-11-22)23-12-7-4-8-13-23/h3-13,15-18,24-25H,14H2,1-2H3. The number of hydrogen-bond donors (Lipinski definition) is 1. The number of hydrogen-bond acceptors (Lipinski definition) is 1. The van der Waals surface area contributed by atoms with Gasteiger partial charge in [0, 0.05) is 6.54 Å². The Morgan fingerprint density at radius 1 is 0.808 bits per heavy atom. The lowest BCUT2D eigenvalue weighted by Gasteiger charge is -2.14. The Kier molecular flexibility index (Phi) is 7.15. The van der Waals surface area contributed by atoms with Crippen molar-refractivity contribution in [3.05, 3.63) is 102 Å². The average Bonchev–Trinajstić information content (AvgIpc) is 2.65. The molecule has 0 amide bonds. The SMILES string of the molecule is Cc1cc(C)cc(PNCC=CP(c2ccccc2)c2ccccc2)c1. The Balaban J connectivity index is 1.64. The summed E-state index contributed by atoms with van der Waals surface area (Å²) < 4.78 is 0. The Morgan fingerprint density at radius 3 is 1.88 bits per heavy atom. The van der Waals surface area contributed by atoms with E-state index in [1.165, 1.54) is 27.0 Å². The molecule has 0 aliphatic rings. The fraction of sp³-hybridized carbons (Fsp3) is 0.130.